The smallest absolute Gasteiger partial charge is 0.220 e. The lowest BCUT2D eigenvalue weighted by molar-refractivity contribution is -0.123. The van der Waals surface area contributed by atoms with Gasteiger partial charge in [-0.15, -0.1) is 0 Å². The quantitative estimate of drug-likeness (QED) is 0.0428. The van der Waals surface area contributed by atoms with E-state index in [9.17, 15) is 15.0 Å². The highest BCUT2D eigenvalue weighted by Crippen LogP contribution is 2.17. The van der Waals surface area contributed by atoms with Crippen LogP contribution in [0.2, 0.25) is 0 Å². The van der Waals surface area contributed by atoms with Crippen molar-refractivity contribution in [2.24, 2.45) is 0 Å². The lowest BCUT2D eigenvalue weighted by Crippen LogP contribution is -2.45. The van der Waals surface area contributed by atoms with Gasteiger partial charge in [-0.05, 0) is 32.1 Å². The van der Waals surface area contributed by atoms with Crippen molar-refractivity contribution >= 4 is 5.91 Å². The van der Waals surface area contributed by atoms with Crippen molar-refractivity contribution in [2.45, 2.75) is 283 Å². The molecule has 0 heterocycles. The van der Waals surface area contributed by atoms with Crippen molar-refractivity contribution in [3.05, 3.63) is 24.3 Å². The first kappa shape index (κ1) is 52.9. The molecule has 0 spiro atoms. The number of aliphatic hydroxyl groups excluding tert-OH is 2. The molecule has 0 radical (unpaired) electrons. The summed E-state index contributed by atoms with van der Waals surface area (Å²) < 4.78 is 0. The highest BCUT2D eigenvalue weighted by atomic mass is 16.3. The molecular weight excluding hydrogens is 663 g/mol. The molecule has 1 amide bonds. The fraction of sp³-hybridized carbons (Fsp3) is 0.900. The standard InChI is InChI=1S/C50H97NO3/c1-3-5-7-9-11-13-15-17-18-19-20-21-22-23-24-25-26-27-28-29-30-31-32-34-35-37-39-41-43-45-49(53)48(47-52)51-50(54)46-44-42-40-38-36-33-16-14-12-10-8-6-4-2/h35,37,43,45,48-49,52-53H,3-34,36,38-42,44,46-47H2,1-2H3,(H,51,54)/b37-35+,45-43+. The average molecular weight is 760 g/mol. The second-order valence-corrected chi connectivity index (χ2v) is 16.9. The van der Waals surface area contributed by atoms with Crippen LogP contribution in [0.1, 0.15) is 271 Å². The van der Waals surface area contributed by atoms with Crippen molar-refractivity contribution in [3.8, 4) is 0 Å². The van der Waals surface area contributed by atoms with Crippen molar-refractivity contribution < 1.29 is 15.0 Å². The first-order valence-corrected chi connectivity index (χ1v) is 24.6. The number of nitrogens with one attached hydrogen (secondary N) is 1. The van der Waals surface area contributed by atoms with E-state index < -0.39 is 12.1 Å². The van der Waals surface area contributed by atoms with E-state index in [4.69, 9.17) is 0 Å². The Hall–Kier alpha value is -1.13. The predicted octanol–water partition coefficient (Wildman–Crippen LogP) is 15.6. The fourth-order valence-electron chi connectivity index (χ4n) is 7.67. The molecule has 0 aromatic heterocycles. The minimum Gasteiger partial charge on any atom is -0.394 e. The number of carbonyl (C=O) groups is 1. The minimum absolute atomic E-state index is 0.0712. The number of hydrogen-bond donors (Lipinski definition) is 3. The summed E-state index contributed by atoms with van der Waals surface area (Å²) in [5.74, 6) is -0.0712. The molecule has 0 aliphatic carbocycles. The predicted molar refractivity (Wildman–Crippen MR) is 239 cm³/mol. The molecule has 0 aromatic carbocycles. The highest BCUT2D eigenvalue weighted by molar-refractivity contribution is 5.76. The van der Waals surface area contributed by atoms with Gasteiger partial charge < -0.3 is 15.5 Å². The number of carbonyl (C=O) groups excluding carboxylic acids is 1. The lowest BCUT2D eigenvalue weighted by atomic mass is 10.0. The number of amides is 1. The summed E-state index contributed by atoms with van der Waals surface area (Å²) in [4.78, 5) is 12.4. The van der Waals surface area contributed by atoms with Crippen LogP contribution in [0.15, 0.2) is 24.3 Å². The van der Waals surface area contributed by atoms with Crippen LogP contribution in [0, 0.1) is 0 Å². The van der Waals surface area contributed by atoms with Gasteiger partial charge in [-0.25, -0.2) is 0 Å². The number of rotatable bonds is 45. The van der Waals surface area contributed by atoms with Crippen molar-refractivity contribution in [1.82, 2.24) is 5.32 Å². The molecule has 320 valence electrons. The van der Waals surface area contributed by atoms with E-state index in [-0.39, 0.29) is 12.5 Å². The van der Waals surface area contributed by atoms with Gasteiger partial charge >= 0.3 is 0 Å². The summed E-state index contributed by atoms with van der Waals surface area (Å²) in [6.45, 7) is 4.31. The Morgan fingerprint density at radius 2 is 0.722 bits per heavy atom. The average Bonchev–Trinajstić information content (AvgIpc) is 3.18. The van der Waals surface area contributed by atoms with Crippen LogP contribution in [0.3, 0.4) is 0 Å². The zero-order chi connectivity index (χ0) is 39.3. The maximum absolute atomic E-state index is 12.4. The summed E-state index contributed by atoms with van der Waals surface area (Å²) in [6.07, 6.45) is 60.4. The molecule has 2 unspecified atom stereocenters. The summed E-state index contributed by atoms with van der Waals surface area (Å²) in [6, 6.07) is -0.634. The number of hydrogen-bond acceptors (Lipinski definition) is 3. The summed E-state index contributed by atoms with van der Waals surface area (Å²) in [5, 5.41) is 23.0. The Labute approximate surface area is 339 Å². The molecular formula is C50H97NO3. The van der Waals surface area contributed by atoms with Gasteiger partial charge in [0, 0.05) is 6.42 Å². The van der Waals surface area contributed by atoms with Crippen molar-refractivity contribution in [3.63, 3.8) is 0 Å². The van der Waals surface area contributed by atoms with Gasteiger partial charge in [0.25, 0.3) is 0 Å². The Morgan fingerprint density at radius 3 is 1.07 bits per heavy atom. The maximum Gasteiger partial charge on any atom is 0.220 e. The summed E-state index contributed by atoms with van der Waals surface area (Å²) >= 11 is 0. The van der Waals surface area contributed by atoms with E-state index >= 15 is 0 Å². The first-order valence-electron chi connectivity index (χ1n) is 24.6. The molecule has 0 aromatic rings. The van der Waals surface area contributed by atoms with Crippen molar-refractivity contribution in [1.29, 1.82) is 0 Å². The maximum atomic E-state index is 12.4. The molecule has 54 heavy (non-hydrogen) atoms. The van der Waals surface area contributed by atoms with Gasteiger partial charge in [0.2, 0.25) is 5.91 Å². The molecule has 0 aliphatic rings. The third-order valence-corrected chi connectivity index (χ3v) is 11.4. The van der Waals surface area contributed by atoms with E-state index in [0.29, 0.717) is 6.42 Å². The number of unbranched alkanes of at least 4 members (excludes halogenated alkanes) is 36. The SMILES string of the molecule is CCCCCCCCCCCCCCCCCCCCCCCCC/C=C/CC/C=C/C(O)C(CO)NC(=O)CCCCCCCCCCCCCCC. The highest BCUT2D eigenvalue weighted by Gasteiger charge is 2.17. The van der Waals surface area contributed by atoms with Gasteiger partial charge in [0.15, 0.2) is 0 Å². The molecule has 0 aliphatic heterocycles. The van der Waals surface area contributed by atoms with Crippen LogP contribution in [0.5, 0.6) is 0 Å². The normalized spacial score (nSPS) is 13.0. The van der Waals surface area contributed by atoms with Crippen LogP contribution in [-0.2, 0) is 4.79 Å². The van der Waals surface area contributed by atoms with Crippen molar-refractivity contribution in [2.75, 3.05) is 6.61 Å². The number of aliphatic hydroxyl groups is 2. The minimum atomic E-state index is -0.858. The third-order valence-electron chi connectivity index (χ3n) is 11.4. The molecule has 4 nitrogen and oxygen atoms in total. The van der Waals surface area contributed by atoms with Gasteiger partial charge in [-0.2, -0.15) is 0 Å². The molecule has 4 heteroatoms. The Balaban J connectivity index is 3.49. The summed E-state index contributed by atoms with van der Waals surface area (Å²) in [7, 11) is 0. The van der Waals surface area contributed by atoms with E-state index in [1.807, 2.05) is 6.08 Å². The second-order valence-electron chi connectivity index (χ2n) is 16.9. The zero-order valence-corrected chi connectivity index (χ0v) is 36.8. The van der Waals surface area contributed by atoms with Gasteiger partial charge in [-0.3, -0.25) is 4.79 Å². The number of allylic oxidation sites excluding steroid dienone is 3. The van der Waals surface area contributed by atoms with Gasteiger partial charge in [0.1, 0.15) is 0 Å². The monoisotopic (exact) mass is 760 g/mol. The van der Waals surface area contributed by atoms with E-state index in [2.05, 4.69) is 31.3 Å². The molecule has 0 rings (SSSR count). The van der Waals surface area contributed by atoms with Crippen LogP contribution in [-0.4, -0.2) is 34.9 Å². The van der Waals surface area contributed by atoms with E-state index in [1.54, 1.807) is 6.08 Å². The van der Waals surface area contributed by atoms with Crippen LogP contribution >= 0.6 is 0 Å². The fourth-order valence-corrected chi connectivity index (χ4v) is 7.67. The first-order chi connectivity index (χ1) is 26.7. The van der Waals surface area contributed by atoms with E-state index in [0.717, 1.165) is 32.1 Å². The molecule has 0 bridgehead atoms. The Bertz CT molecular complexity index is 780. The van der Waals surface area contributed by atoms with Crippen LogP contribution < -0.4 is 5.32 Å². The van der Waals surface area contributed by atoms with Gasteiger partial charge in [-0.1, -0.05) is 256 Å². The summed E-state index contributed by atoms with van der Waals surface area (Å²) in [5.41, 5.74) is 0. The third kappa shape index (κ3) is 42.0. The van der Waals surface area contributed by atoms with Crippen LogP contribution in [0.25, 0.3) is 0 Å². The second kappa shape index (κ2) is 46.3. The molecule has 0 saturated heterocycles. The zero-order valence-electron chi connectivity index (χ0n) is 36.8. The topological polar surface area (TPSA) is 69.6 Å². The molecule has 0 saturated carbocycles. The lowest BCUT2D eigenvalue weighted by Gasteiger charge is -2.19. The molecule has 0 fully saturated rings. The molecule has 2 atom stereocenters. The van der Waals surface area contributed by atoms with Crippen LogP contribution in [0.4, 0.5) is 0 Å². The Morgan fingerprint density at radius 1 is 0.426 bits per heavy atom. The molecule has 3 N–H and O–H groups in total. The van der Waals surface area contributed by atoms with Gasteiger partial charge in [0.05, 0.1) is 18.8 Å². The Kier molecular flexibility index (Phi) is 45.3. The largest absolute Gasteiger partial charge is 0.394 e. The van der Waals surface area contributed by atoms with E-state index in [1.165, 1.54) is 218 Å².